The molecule has 0 saturated heterocycles. The quantitative estimate of drug-likeness (QED) is 0.486. The first-order chi connectivity index (χ1) is 14.6. The van der Waals surface area contributed by atoms with Crippen molar-refractivity contribution in [3.05, 3.63) is 88.6 Å². The Kier molecular flexibility index (Phi) is 7.77. The highest BCUT2D eigenvalue weighted by Gasteiger charge is 2.13. The average molecular weight is 424 g/mol. The number of nitriles is 1. The van der Waals surface area contributed by atoms with Gasteiger partial charge in [-0.2, -0.15) is 5.26 Å². The molecule has 0 aliphatic heterocycles. The van der Waals surface area contributed by atoms with E-state index in [1.54, 1.807) is 48.7 Å². The number of rotatable bonds is 9. The maximum Gasteiger partial charge on any atom is 0.237 e. The van der Waals surface area contributed by atoms with Crippen molar-refractivity contribution in [2.24, 2.45) is 0 Å². The van der Waals surface area contributed by atoms with Gasteiger partial charge in [-0.25, -0.2) is 4.98 Å². The third-order valence-electron chi connectivity index (χ3n) is 4.57. The number of benzene rings is 2. The summed E-state index contributed by atoms with van der Waals surface area (Å²) in [6.45, 7) is 0.226. The standard InChI is InChI=1S/C23H22ClN3O3/c24-19-5-1-3-17(12-19)22(29)14-27-20(15-28)11-16-6-8-21(9-7-16)30-23-18(13-25)4-2-10-26-23/h1-10,12,20,22,27-29H,11,14-15H2/t20-,22-/m0/s1. The van der Waals surface area contributed by atoms with E-state index in [0.29, 0.717) is 29.3 Å². The molecule has 0 aliphatic rings. The summed E-state index contributed by atoms with van der Waals surface area (Å²) in [7, 11) is 0. The topological polar surface area (TPSA) is 98.4 Å². The zero-order valence-corrected chi connectivity index (χ0v) is 17.0. The van der Waals surface area contributed by atoms with Crippen LogP contribution in [-0.2, 0) is 6.42 Å². The van der Waals surface area contributed by atoms with Gasteiger partial charge >= 0.3 is 0 Å². The molecular formula is C23H22ClN3O3. The Hall–Kier alpha value is -2.95. The summed E-state index contributed by atoms with van der Waals surface area (Å²) >= 11 is 5.97. The predicted molar refractivity (Wildman–Crippen MR) is 114 cm³/mol. The molecule has 0 spiro atoms. The first-order valence-corrected chi connectivity index (χ1v) is 9.86. The molecule has 1 aromatic heterocycles. The first kappa shape index (κ1) is 21.8. The van der Waals surface area contributed by atoms with Crippen LogP contribution < -0.4 is 10.1 Å². The molecule has 3 rings (SSSR count). The predicted octanol–water partition coefficient (Wildman–Crippen LogP) is 3.63. The molecule has 7 heteroatoms. The zero-order valence-electron chi connectivity index (χ0n) is 16.2. The molecule has 0 amide bonds. The number of aromatic nitrogens is 1. The molecule has 30 heavy (non-hydrogen) atoms. The fraction of sp³-hybridized carbons (Fsp3) is 0.217. The van der Waals surface area contributed by atoms with Crippen LogP contribution >= 0.6 is 11.6 Å². The van der Waals surface area contributed by atoms with Crippen LogP contribution in [0.2, 0.25) is 5.02 Å². The van der Waals surface area contributed by atoms with E-state index in [1.165, 1.54) is 0 Å². The van der Waals surface area contributed by atoms with Crippen LogP contribution in [0.5, 0.6) is 11.6 Å². The Bertz CT molecular complexity index is 1010. The van der Waals surface area contributed by atoms with Crippen LogP contribution in [0.1, 0.15) is 22.8 Å². The van der Waals surface area contributed by atoms with E-state index in [0.717, 1.165) is 11.1 Å². The van der Waals surface area contributed by atoms with Crippen LogP contribution in [0.3, 0.4) is 0 Å². The highest BCUT2D eigenvalue weighted by atomic mass is 35.5. The number of hydrogen-bond donors (Lipinski definition) is 3. The van der Waals surface area contributed by atoms with Gasteiger partial charge in [0.15, 0.2) is 0 Å². The molecule has 2 aromatic carbocycles. The Balaban J connectivity index is 1.56. The lowest BCUT2D eigenvalue weighted by atomic mass is 10.1. The molecule has 0 aliphatic carbocycles. The van der Waals surface area contributed by atoms with Crippen molar-refractivity contribution in [1.82, 2.24) is 10.3 Å². The zero-order chi connectivity index (χ0) is 21.3. The molecule has 0 fully saturated rings. The number of pyridine rings is 1. The van der Waals surface area contributed by atoms with Gasteiger partial charge in [0.05, 0.1) is 12.7 Å². The second-order valence-corrected chi connectivity index (χ2v) is 7.21. The van der Waals surface area contributed by atoms with Crippen molar-refractivity contribution in [3.8, 4) is 17.7 Å². The van der Waals surface area contributed by atoms with Gasteiger partial charge in [0.25, 0.3) is 0 Å². The van der Waals surface area contributed by atoms with Gasteiger partial charge in [0, 0.05) is 23.8 Å². The third kappa shape index (κ3) is 6.02. The summed E-state index contributed by atoms with van der Waals surface area (Å²) in [4.78, 5) is 4.08. The lowest BCUT2D eigenvalue weighted by molar-refractivity contribution is 0.158. The summed E-state index contributed by atoms with van der Waals surface area (Å²) in [5, 5.41) is 32.9. The monoisotopic (exact) mass is 423 g/mol. The van der Waals surface area contributed by atoms with Crippen molar-refractivity contribution in [2.75, 3.05) is 13.2 Å². The maximum absolute atomic E-state index is 10.3. The van der Waals surface area contributed by atoms with E-state index >= 15 is 0 Å². The number of aliphatic hydroxyl groups is 2. The van der Waals surface area contributed by atoms with Crippen molar-refractivity contribution in [3.63, 3.8) is 0 Å². The van der Waals surface area contributed by atoms with Crippen LogP contribution in [-0.4, -0.2) is 34.4 Å². The highest BCUT2D eigenvalue weighted by Crippen LogP contribution is 2.23. The first-order valence-electron chi connectivity index (χ1n) is 9.48. The minimum Gasteiger partial charge on any atom is -0.438 e. The van der Waals surface area contributed by atoms with E-state index in [1.807, 2.05) is 24.3 Å². The Labute approximate surface area is 180 Å². The van der Waals surface area contributed by atoms with Gasteiger partial charge in [-0.3, -0.25) is 0 Å². The number of hydrogen-bond acceptors (Lipinski definition) is 6. The number of nitrogens with one attached hydrogen (secondary N) is 1. The van der Waals surface area contributed by atoms with E-state index < -0.39 is 6.10 Å². The third-order valence-corrected chi connectivity index (χ3v) is 4.80. The minimum absolute atomic E-state index is 0.0695. The summed E-state index contributed by atoms with van der Waals surface area (Å²) in [6.07, 6.45) is 1.42. The van der Waals surface area contributed by atoms with E-state index in [4.69, 9.17) is 21.6 Å². The molecule has 2 atom stereocenters. The SMILES string of the molecule is N#Cc1cccnc1Oc1ccc(C[C@@H](CO)NC[C@H](O)c2cccc(Cl)c2)cc1. The number of halogens is 1. The molecule has 0 unspecified atom stereocenters. The van der Waals surface area contributed by atoms with Crippen LogP contribution in [0.4, 0.5) is 0 Å². The lowest BCUT2D eigenvalue weighted by Crippen LogP contribution is -2.37. The van der Waals surface area contributed by atoms with Crippen molar-refractivity contribution in [2.45, 2.75) is 18.6 Å². The molecule has 0 bridgehead atoms. The van der Waals surface area contributed by atoms with Gasteiger partial charge in [-0.05, 0) is 53.9 Å². The molecule has 3 aromatic rings. The summed E-state index contributed by atoms with van der Waals surface area (Å²) in [5.41, 5.74) is 2.08. The van der Waals surface area contributed by atoms with Gasteiger partial charge in [0.2, 0.25) is 5.88 Å². The second kappa shape index (κ2) is 10.7. The lowest BCUT2D eigenvalue weighted by Gasteiger charge is -2.19. The molecule has 1 heterocycles. The second-order valence-electron chi connectivity index (χ2n) is 6.78. The summed E-state index contributed by atoms with van der Waals surface area (Å²) in [5.74, 6) is 0.830. The minimum atomic E-state index is -0.721. The van der Waals surface area contributed by atoms with Crippen LogP contribution in [0.15, 0.2) is 66.9 Å². The fourth-order valence-corrected chi connectivity index (χ4v) is 3.16. The van der Waals surface area contributed by atoms with Gasteiger partial charge in [0.1, 0.15) is 17.4 Å². The van der Waals surface area contributed by atoms with Gasteiger partial charge in [-0.1, -0.05) is 35.9 Å². The van der Waals surface area contributed by atoms with Crippen molar-refractivity contribution < 1.29 is 14.9 Å². The Morgan fingerprint density at radius 3 is 2.63 bits per heavy atom. The average Bonchev–Trinajstić information content (AvgIpc) is 2.78. The van der Waals surface area contributed by atoms with Crippen LogP contribution in [0.25, 0.3) is 0 Å². The van der Waals surface area contributed by atoms with E-state index in [2.05, 4.69) is 10.3 Å². The molecule has 0 radical (unpaired) electrons. The van der Waals surface area contributed by atoms with Gasteiger partial charge in [-0.15, -0.1) is 0 Å². The Morgan fingerprint density at radius 2 is 1.93 bits per heavy atom. The summed E-state index contributed by atoms with van der Waals surface area (Å²) < 4.78 is 5.68. The van der Waals surface area contributed by atoms with Crippen molar-refractivity contribution in [1.29, 1.82) is 5.26 Å². The normalized spacial score (nSPS) is 12.7. The Morgan fingerprint density at radius 1 is 1.13 bits per heavy atom. The van der Waals surface area contributed by atoms with Crippen molar-refractivity contribution >= 4 is 11.6 Å². The molecule has 154 valence electrons. The molecule has 0 saturated carbocycles. The van der Waals surface area contributed by atoms with Crippen LogP contribution in [0, 0.1) is 11.3 Å². The largest absolute Gasteiger partial charge is 0.438 e. The maximum atomic E-state index is 10.3. The number of nitrogens with zero attached hydrogens (tertiary/aromatic N) is 2. The molecule has 6 nitrogen and oxygen atoms in total. The number of ether oxygens (including phenoxy) is 1. The van der Waals surface area contributed by atoms with Gasteiger partial charge < -0.3 is 20.3 Å². The molecule has 3 N–H and O–H groups in total. The van der Waals surface area contributed by atoms with E-state index in [9.17, 15) is 10.2 Å². The fourth-order valence-electron chi connectivity index (χ4n) is 2.96. The molecular weight excluding hydrogens is 402 g/mol. The summed E-state index contributed by atoms with van der Waals surface area (Å²) in [6, 6.07) is 19.6. The smallest absolute Gasteiger partial charge is 0.237 e. The highest BCUT2D eigenvalue weighted by molar-refractivity contribution is 6.30. The van der Waals surface area contributed by atoms with E-state index in [-0.39, 0.29) is 18.5 Å². The number of aliphatic hydroxyl groups excluding tert-OH is 2.